The van der Waals surface area contributed by atoms with E-state index in [0.717, 1.165) is 0 Å². The Balaban J connectivity index is 1.59. The number of thiophene rings is 1. The van der Waals surface area contributed by atoms with Crippen molar-refractivity contribution < 1.29 is 0 Å². The molecule has 0 saturated carbocycles. The van der Waals surface area contributed by atoms with Crippen LogP contribution in [0.1, 0.15) is 16.5 Å². The third-order valence-electron chi connectivity index (χ3n) is 3.45. The third-order valence-corrected chi connectivity index (χ3v) is 7.63. The van der Waals surface area contributed by atoms with Crippen LogP contribution in [0.15, 0.2) is 46.7 Å². The SMILES string of the molecule is c1csc([C@@H]2C[C@@]3(CS2)Nc2ccccc2S3)c1. The van der Waals surface area contributed by atoms with E-state index in [2.05, 4.69) is 58.9 Å². The number of anilines is 1. The average Bonchev–Trinajstić information content (AvgIpc) is 3.08. The van der Waals surface area contributed by atoms with Crippen molar-refractivity contribution in [1.82, 2.24) is 0 Å². The van der Waals surface area contributed by atoms with Crippen molar-refractivity contribution in [3.05, 3.63) is 46.7 Å². The number of fused-ring (bicyclic) bond motifs is 1. The second-order valence-electron chi connectivity index (χ2n) is 4.74. The molecule has 1 aromatic carbocycles. The monoisotopic (exact) mass is 291 g/mol. The van der Waals surface area contributed by atoms with Crippen LogP contribution in [0.25, 0.3) is 0 Å². The van der Waals surface area contributed by atoms with Gasteiger partial charge in [-0.1, -0.05) is 30.0 Å². The molecule has 1 aromatic heterocycles. The highest BCUT2D eigenvalue weighted by Gasteiger charge is 2.45. The van der Waals surface area contributed by atoms with Gasteiger partial charge < -0.3 is 5.32 Å². The number of para-hydroxylation sites is 1. The predicted octanol–water partition coefficient (Wildman–Crippen LogP) is 4.84. The lowest BCUT2D eigenvalue weighted by molar-refractivity contribution is 0.701. The van der Waals surface area contributed by atoms with Crippen molar-refractivity contribution in [1.29, 1.82) is 0 Å². The maximum atomic E-state index is 3.75. The summed E-state index contributed by atoms with van der Waals surface area (Å²) in [4.78, 5) is 3.16. The lowest BCUT2D eigenvalue weighted by Gasteiger charge is -2.22. The first-order chi connectivity index (χ1) is 8.85. The van der Waals surface area contributed by atoms with Crippen molar-refractivity contribution >= 4 is 40.5 Å². The van der Waals surface area contributed by atoms with Gasteiger partial charge in [-0.15, -0.1) is 23.1 Å². The standard InChI is InChI=1S/C14H13NS3/c1-2-5-11-10(4-1)15-14(18-11)8-13(17-9-14)12-6-3-7-16-12/h1-7,13,15H,8-9H2/t13-,14+/m0/s1. The smallest absolute Gasteiger partial charge is 0.0986 e. The van der Waals surface area contributed by atoms with Gasteiger partial charge in [-0.3, -0.25) is 0 Å². The van der Waals surface area contributed by atoms with Crippen LogP contribution in [-0.4, -0.2) is 10.6 Å². The summed E-state index contributed by atoms with van der Waals surface area (Å²) >= 11 is 6.00. The lowest BCUT2D eigenvalue weighted by atomic mass is 10.1. The first-order valence-corrected chi connectivity index (χ1v) is 8.80. The molecule has 3 heterocycles. The van der Waals surface area contributed by atoms with Gasteiger partial charge in [-0.05, 0) is 30.0 Å². The quantitative estimate of drug-likeness (QED) is 0.807. The van der Waals surface area contributed by atoms with E-state index in [9.17, 15) is 0 Å². The molecule has 0 aliphatic carbocycles. The Labute approximate surface area is 119 Å². The molecule has 1 saturated heterocycles. The van der Waals surface area contributed by atoms with Crippen molar-refractivity contribution in [3.63, 3.8) is 0 Å². The second kappa shape index (κ2) is 4.22. The fourth-order valence-electron chi connectivity index (χ4n) is 2.61. The Hall–Kier alpha value is -0.580. The largest absolute Gasteiger partial charge is 0.369 e. The molecule has 2 aliphatic rings. The van der Waals surface area contributed by atoms with Gasteiger partial charge in [0, 0.05) is 26.5 Å². The van der Waals surface area contributed by atoms with E-state index in [1.165, 1.54) is 27.6 Å². The van der Waals surface area contributed by atoms with Crippen LogP contribution in [0.4, 0.5) is 5.69 Å². The molecule has 4 heteroatoms. The van der Waals surface area contributed by atoms with Gasteiger partial charge in [0.25, 0.3) is 0 Å². The zero-order valence-corrected chi connectivity index (χ0v) is 12.2. The minimum absolute atomic E-state index is 0.225. The first kappa shape index (κ1) is 11.3. The highest BCUT2D eigenvalue weighted by Crippen LogP contribution is 2.58. The molecule has 2 atom stereocenters. The minimum Gasteiger partial charge on any atom is -0.369 e. The van der Waals surface area contributed by atoms with Gasteiger partial charge in [0.05, 0.1) is 4.87 Å². The predicted molar refractivity (Wildman–Crippen MR) is 82.8 cm³/mol. The molecule has 92 valence electrons. The third kappa shape index (κ3) is 1.78. The fourth-order valence-corrected chi connectivity index (χ4v) is 6.74. The van der Waals surface area contributed by atoms with Gasteiger partial charge >= 0.3 is 0 Å². The fraction of sp³-hybridized carbons (Fsp3) is 0.286. The van der Waals surface area contributed by atoms with E-state index in [1.54, 1.807) is 0 Å². The van der Waals surface area contributed by atoms with E-state index in [-0.39, 0.29) is 4.87 Å². The zero-order chi connectivity index (χ0) is 12.0. The van der Waals surface area contributed by atoms with Crippen LogP contribution in [0, 0.1) is 0 Å². The van der Waals surface area contributed by atoms with Crippen LogP contribution in [-0.2, 0) is 0 Å². The van der Waals surface area contributed by atoms with E-state index in [1.807, 2.05) is 23.1 Å². The van der Waals surface area contributed by atoms with Crippen LogP contribution in [0.3, 0.4) is 0 Å². The first-order valence-electron chi connectivity index (χ1n) is 6.06. The van der Waals surface area contributed by atoms with Crippen LogP contribution < -0.4 is 5.32 Å². The summed E-state index contributed by atoms with van der Waals surface area (Å²) in [6, 6.07) is 13.1. The minimum atomic E-state index is 0.225. The van der Waals surface area contributed by atoms with Crippen molar-refractivity contribution in [2.75, 3.05) is 11.1 Å². The summed E-state index contributed by atoms with van der Waals surface area (Å²) in [6.07, 6.45) is 1.22. The molecule has 0 amide bonds. The Bertz CT molecular complexity index is 539. The second-order valence-corrected chi connectivity index (χ2v) is 8.33. The molecule has 1 spiro atoms. The molecule has 4 rings (SSSR count). The summed E-state index contributed by atoms with van der Waals surface area (Å²) in [6.45, 7) is 0. The summed E-state index contributed by atoms with van der Waals surface area (Å²) in [5, 5.41) is 6.60. The van der Waals surface area contributed by atoms with Crippen LogP contribution in [0.2, 0.25) is 0 Å². The molecule has 1 fully saturated rings. The number of hydrogen-bond acceptors (Lipinski definition) is 4. The van der Waals surface area contributed by atoms with Crippen molar-refractivity contribution in [2.45, 2.75) is 21.4 Å². The lowest BCUT2D eigenvalue weighted by Crippen LogP contribution is -2.30. The molecule has 0 radical (unpaired) electrons. The number of thioether (sulfide) groups is 2. The molecular formula is C14H13NS3. The Kier molecular flexibility index (Phi) is 2.64. The molecule has 1 nitrogen and oxygen atoms in total. The van der Waals surface area contributed by atoms with Gasteiger partial charge in [0.15, 0.2) is 0 Å². The Morgan fingerprint density at radius 2 is 2.11 bits per heavy atom. The van der Waals surface area contributed by atoms with E-state index in [4.69, 9.17) is 0 Å². The summed E-state index contributed by atoms with van der Waals surface area (Å²) in [7, 11) is 0. The molecule has 2 aliphatic heterocycles. The Morgan fingerprint density at radius 3 is 2.94 bits per heavy atom. The zero-order valence-electron chi connectivity index (χ0n) is 9.76. The summed E-state index contributed by atoms with van der Waals surface area (Å²) in [5.74, 6) is 1.19. The van der Waals surface area contributed by atoms with Gasteiger partial charge in [-0.2, -0.15) is 0 Å². The molecular weight excluding hydrogens is 278 g/mol. The molecule has 18 heavy (non-hydrogen) atoms. The molecule has 0 unspecified atom stereocenters. The summed E-state index contributed by atoms with van der Waals surface area (Å²) < 4.78 is 0. The van der Waals surface area contributed by atoms with Crippen molar-refractivity contribution in [3.8, 4) is 0 Å². The van der Waals surface area contributed by atoms with E-state index >= 15 is 0 Å². The molecule has 1 N–H and O–H groups in total. The van der Waals surface area contributed by atoms with Crippen LogP contribution >= 0.6 is 34.9 Å². The number of rotatable bonds is 1. The van der Waals surface area contributed by atoms with Gasteiger partial charge in [-0.25, -0.2) is 0 Å². The van der Waals surface area contributed by atoms with Gasteiger partial charge in [0.1, 0.15) is 0 Å². The number of hydrogen-bond donors (Lipinski definition) is 1. The maximum Gasteiger partial charge on any atom is 0.0986 e. The number of benzene rings is 1. The maximum absolute atomic E-state index is 3.75. The normalized spacial score (nSPS) is 29.4. The van der Waals surface area contributed by atoms with E-state index in [0.29, 0.717) is 5.25 Å². The summed E-state index contributed by atoms with van der Waals surface area (Å²) in [5.41, 5.74) is 1.31. The van der Waals surface area contributed by atoms with Gasteiger partial charge in [0.2, 0.25) is 0 Å². The topological polar surface area (TPSA) is 12.0 Å². The highest BCUT2D eigenvalue weighted by atomic mass is 32.2. The average molecular weight is 291 g/mol. The highest BCUT2D eigenvalue weighted by molar-refractivity contribution is 8.05. The van der Waals surface area contributed by atoms with E-state index < -0.39 is 0 Å². The molecule has 0 bridgehead atoms. The molecule has 2 aromatic rings. The van der Waals surface area contributed by atoms with Crippen LogP contribution in [0.5, 0.6) is 0 Å². The van der Waals surface area contributed by atoms with Crippen molar-refractivity contribution in [2.24, 2.45) is 0 Å². The Morgan fingerprint density at radius 1 is 1.17 bits per heavy atom. The number of nitrogens with one attached hydrogen (secondary N) is 1.